The summed E-state index contributed by atoms with van der Waals surface area (Å²) < 4.78 is 32.8. The Morgan fingerprint density at radius 3 is 2.72 bits per heavy atom. The monoisotopic (exact) mass is 438 g/mol. The molecule has 8 heteroatoms. The second-order valence-electron chi connectivity index (χ2n) is 7.69. The van der Waals surface area contributed by atoms with Crippen molar-refractivity contribution in [3.63, 3.8) is 0 Å². The Balaban J connectivity index is 1.39. The fraction of sp³-hybridized carbons (Fsp3) is 0.292. The zero-order chi connectivity index (χ0) is 22.5. The van der Waals surface area contributed by atoms with Gasteiger partial charge in [-0.25, -0.2) is 13.8 Å². The van der Waals surface area contributed by atoms with Crippen LogP contribution in [-0.2, 0) is 9.53 Å². The lowest BCUT2D eigenvalue weighted by Gasteiger charge is -2.33. The molecule has 1 saturated heterocycles. The van der Waals surface area contributed by atoms with Crippen molar-refractivity contribution in [2.24, 2.45) is 0 Å². The first-order chi connectivity index (χ1) is 15.5. The minimum Gasteiger partial charge on any atom is -0.374 e. The zero-order valence-corrected chi connectivity index (χ0v) is 17.7. The maximum Gasteiger partial charge on any atom is 0.224 e. The summed E-state index contributed by atoms with van der Waals surface area (Å²) in [5.74, 6) is -0.655. The van der Waals surface area contributed by atoms with Gasteiger partial charge in [-0.2, -0.15) is 0 Å². The van der Waals surface area contributed by atoms with Gasteiger partial charge in [0.05, 0.1) is 36.9 Å². The van der Waals surface area contributed by atoms with Crippen molar-refractivity contribution in [3.05, 3.63) is 78.3 Å². The van der Waals surface area contributed by atoms with E-state index in [2.05, 4.69) is 9.97 Å². The predicted octanol–water partition coefficient (Wildman–Crippen LogP) is 3.85. The van der Waals surface area contributed by atoms with Crippen LogP contribution in [-0.4, -0.2) is 54.1 Å². The Labute approximate surface area is 185 Å². The first-order valence-electron chi connectivity index (χ1n) is 10.4. The molecule has 2 heterocycles. The van der Waals surface area contributed by atoms with Gasteiger partial charge in [-0.1, -0.05) is 18.2 Å². The molecule has 2 aromatic carbocycles. The van der Waals surface area contributed by atoms with E-state index in [0.717, 1.165) is 5.69 Å². The molecule has 4 rings (SSSR count). The van der Waals surface area contributed by atoms with Gasteiger partial charge in [0.2, 0.25) is 5.91 Å². The van der Waals surface area contributed by atoms with Gasteiger partial charge in [-0.05, 0) is 30.3 Å². The van der Waals surface area contributed by atoms with Crippen molar-refractivity contribution in [3.8, 4) is 11.3 Å². The second-order valence-corrected chi connectivity index (χ2v) is 7.69. The molecule has 0 unspecified atom stereocenters. The number of anilines is 1. The molecule has 0 saturated carbocycles. The number of amides is 1. The van der Waals surface area contributed by atoms with E-state index in [4.69, 9.17) is 4.74 Å². The molecule has 1 aliphatic heterocycles. The van der Waals surface area contributed by atoms with E-state index in [1.807, 2.05) is 18.0 Å². The summed E-state index contributed by atoms with van der Waals surface area (Å²) in [6, 6.07) is 12.5. The van der Waals surface area contributed by atoms with Crippen LogP contribution in [0.25, 0.3) is 11.3 Å². The van der Waals surface area contributed by atoms with Gasteiger partial charge >= 0.3 is 0 Å². The van der Waals surface area contributed by atoms with Crippen molar-refractivity contribution in [1.29, 1.82) is 0 Å². The van der Waals surface area contributed by atoms with Crippen molar-refractivity contribution >= 4 is 11.6 Å². The molecular formula is C24H24F2N4O2. The Bertz CT molecular complexity index is 1090. The highest BCUT2D eigenvalue weighted by Gasteiger charge is 2.27. The minimum absolute atomic E-state index is 0.00389. The van der Waals surface area contributed by atoms with Crippen molar-refractivity contribution in [1.82, 2.24) is 14.9 Å². The molecule has 32 heavy (non-hydrogen) atoms. The van der Waals surface area contributed by atoms with E-state index in [0.29, 0.717) is 49.6 Å². The third-order valence-corrected chi connectivity index (χ3v) is 5.43. The minimum atomic E-state index is -0.408. The van der Waals surface area contributed by atoms with Gasteiger partial charge in [-0.15, -0.1) is 0 Å². The van der Waals surface area contributed by atoms with E-state index >= 15 is 0 Å². The highest BCUT2D eigenvalue weighted by Crippen LogP contribution is 2.24. The van der Waals surface area contributed by atoms with E-state index in [9.17, 15) is 13.6 Å². The molecule has 0 N–H and O–H groups in total. The Morgan fingerprint density at radius 2 is 1.94 bits per heavy atom. The lowest BCUT2D eigenvalue weighted by atomic mass is 10.1. The Kier molecular flexibility index (Phi) is 6.70. The van der Waals surface area contributed by atoms with Crippen LogP contribution in [0.3, 0.4) is 0 Å². The van der Waals surface area contributed by atoms with Gasteiger partial charge < -0.3 is 14.5 Å². The molecule has 1 aliphatic rings. The second kappa shape index (κ2) is 9.82. The first-order valence-corrected chi connectivity index (χ1v) is 10.4. The fourth-order valence-corrected chi connectivity index (χ4v) is 3.64. The number of nitrogens with zero attached hydrogens (tertiary/aromatic N) is 4. The molecule has 0 spiro atoms. The van der Waals surface area contributed by atoms with Crippen molar-refractivity contribution in [2.45, 2.75) is 12.5 Å². The highest BCUT2D eigenvalue weighted by molar-refractivity contribution is 5.77. The number of rotatable bonds is 6. The average Bonchev–Trinajstić information content (AvgIpc) is 2.82. The lowest BCUT2D eigenvalue weighted by Crippen LogP contribution is -2.43. The van der Waals surface area contributed by atoms with E-state index in [1.54, 1.807) is 35.5 Å². The quantitative estimate of drug-likeness (QED) is 0.585. The number of aromatic nitrogens is 2. The molecule has 1 amide bonds. The molecule has 166 valence electrons. The van der Waals surface area contributed by atoms with Gasteiger partial charge in [0, 0.05) is 37.8 Å². The molecule has 0 radical (unpaired) electrons. The van der Waals surface area contributed by atoms with Gasteiger partial charge in [0.15, 0.2) is 0 Å². The normalized spacial score (nSPS) is 16.1. The smallest absolute Gasteiger partial charge is 0.224 e. The lowest BCUT2D eigenvalue weighted by molar-refractivity contribution is -0.138. The van der Waals surface area contributed by atoms with Crippen LogP contribution >= 0.6 is 0 Å². The Hall–Kier alpha value is -3.39. The molecule has 0 aliphatic carbocycles. The molecular weight excluding hydrogens is 414 g/mol. The van der Waals surface area contributed by atoms with Crippen LogP contribution in [0, 0.1) is 11.6 Å². The van der Waals surface area contributed by atoms with Crippen LogP contribution in [0.2, 0.25) is 0 Å². The molecule has 1 aromatic heterocycles. The van der Waals surface area contributed by atoms with Gasteiger partial charge in [0.25, 0.3) is 0 Å². The summed E-state index contributed by atoms with van der Waals surface area (Å²) in [7, 11) is 1.83. The van der Waals surface area contributed by atoms with E-state index in [1.165, 1.54) is 24.3 Å². The van der Waals surface area contributed by atoms with Crippen LogP contribution in [0.15, 0.2) is 60.9 Å². The first kappa shape index (κ1) is 21.8. The number of halogens is 2. The number of carbonyl (C=O) groups is 1. The largest absolute Gasteiger partial charge is 0.374 e. The average molecular weight is 438 g/mol. The summed E-state index contributed by atoms with van der Waals surface area (Å²) in [6.07, 6.45) is 3.08. The molecule has 6 nitrogen and oxygen atoms in total. The third-order valence-electron chi connectivity index (χ3n) is 5.43. The number of morpholine rings is 1. The maximum atomic E-state index is 13.6. The van der Waals surface area contributed by atoms with Gasteiger partial charge in [-0.3, -0.25) is 9.78 Å². The summed E-state index contributed by atoms with van der Waals surface area (Å²) in [6.45, 7) is 1.72. The topological polar surface area (TPSA) is 58.6 Å². The summed E-state index contributed by atoms with van der Waals surface area (Å²) in [5, 5.41) is 0. The number of ether oxygens (including phenoxy) is 1. The summed E-state index contributed by atoms with van der Waals surface area (Å²) >= 11 is 0. The van der Waals surface area contributed by atoms with E-state index in [-0.39, 0.29) is 17.5 Å². The maximum absolute atomic E-state index is 13.6. The fourth-order valence-electron chi connectivity index (χ4n) is 3.64. The van der Waals surface area contributed by atoms with Crippen molar-refractivity contribution < 1.29 is 18.3 Å². The number of carbonyl (C=O) groups excluding carboxylic acids is 1. The zero-order valence-electron chi connectivity index (χ0n) is 17.7. The van der Waals surface area contributed by atoms with Crippen molar-refractivity contribution in [2.75, 3.05) is 38.2 Å². The molecule has 0 bridgehead atoms. The summed E-state index contributed by atoms with van der Waals surface area (Å²) in [5.41, 5.74) is 2.50. The molecule has 1 atom stereocenters. The van der Waals surface area contributed by atoms with Crippen LogP contribution in [0.1, 0.15) is 18.2 Å². The molecule has 1 fully saturated rings. The molecule has 3 aromatic rings. The van der Waals surface area contributed by atoms with Crippen LogP contribution in [0.4, 0.5) is 14.5 Å². The number of hydrogen-bond acceptors (Lipinski definition) is 5. The highest BCUT2D eigenvalue weighted by atomic mass is 19.1. The summed E-state index contributed by atoms with van der Waals surface area (Å²) in [4.78, 5) is 25.2. The van der Waals surface area contributed by atoms with Crippen LogP contribution < -0.4 is 4.90 Å². The standard InChI is InChI=1S/C24H24F2N4O2/c1-29(20-7-3-6-19(26)13-20)9-8-24(31)30-10-11-32-23(16-30)22-15-27-14-21(28-22)17-4-2-5-18(25)12-17/h2-7,12-15,23H,8-11,16H2,1H3/t23-/m0/s1. The van der Waals surface area contributed by atoms with Crippen LogP contribution in [0.5, 0.6) is 0 Å². The van der Waals surface area contributed by atoms with E-state index < -0.39 is 6.10 Å². The number of benzene rings is 2. The third kappa shape index (κ3) is 5.26. The Morgan fingerprint density at radius 1 is 1.16 bits per heavy atom. The van der Waals surface area contributed by atoms with Gasteiger partial charge in [0.1, 0.15) is 17.7 Å². The predicted molar refractivity (Wildman–Crippen MR) is 117 cm³/mol. The number of hydrogen-bond donors (Lipinski definition) is 0. The SMILES string of the molecule is CN(CCC(=O)N1CCO[C@H](c2cncc(-c3cccc(F)c3)n2)C1)c1cccc(F)c1.